The van der Waals surface area contributed by atoms with Gasteiger partial charge in [-0.15, -0.1) is 0 Å². The zero-order valence-electron chi connectivity index (χ0n) is 13.7. The van der Waals surface area contributed by atoms with Crippen molar-refractivity contribution in [2.75, 3.05) is 6.54 Å². The predicted octanol–water partition coefficient (Wildman–Crippen LogP) is 4.19. The average Bonchev–Trinajstić information content (AvgIpc) is 2.80. The van der Waals surface area contributed by atoms with Crippen molar-refractivity contribution in [2.24, 2.45) is 11.1 Å². The van der Waals surface area contributed by atoms with Crippen LogP contribution in [0.1, 0.15) is 40.5 Å². The summed E-state index contributed by atoms with van der Waals surface area (Å²) in [6.45, 7) is 10.3. The number of rotatable bonds is 7. The molecule has 116 valence electrons. The Morgan fingerprint density at radius 3 is 2.67 bits per heavy atom. The van der Waals surface area contributed by atoms with Crippen LogP contribution in [0, 0.1) is 5.41 Å². The second kappa shape index (κ2) is 6.52. The van der Waals surface area contributed by atoms with E-state index < -0.39 is 0 Å². The first-order valence-corrected chi connectivity index (χ1v) is 7.87. The minimum absolute atomic E-state index is 0.211. The van der Waals surface area contributed by atoms with E-state index in [4.69, 9.17) is 10.5 Å². The first-order chi connectivity index (χ1) is 9.91. The van der Waals surface area contributed by atoms with Crippen molar-refractivity contribution in [1.29, 1.82) is 0 Å². The third-order valence-electron chi connectivity index (χ3n) is 3.92. The Labute approximate surface area is 128 Å². The van der Waals surface area contributed by atoms with E-state index in [1.54, 1.807) is 0 Å². The third kappa shape index (κ3) is 4.24. The molecule has 0 aliphatic rings. The van der Waals surface area contributed by atoms with Gasteiger partial charge in [0.2, 0.25) is 0 Å². The molecule has 0 saturated heterocycles. The van der Waals surface area contributed by atoms with Gasteiger partial charge in [0.25, 0.3) is 0 Å². The Bertz CT molecular complexity index is 584. The van der Waals surface area contributed by atoms with Gasteiger partial charge >= 0.3 is 0 Å². The van der Waals surface area contributed by atoms with Gasteiger partial charge in [-0.3, -0.25) is 0 Å². The van der Waals surface area contributed by atoms with Crippen LogP contribution >= 0.6 is 0 Å². The van der Waals surface area contributed by atoms with E-state index in [1.807, 2.05) is 0 Å². The van der Waals surface area contributed by atoms with Crippen LogP contribution in [0.2, 0.25) is 0 Å². The molecule has 3 nitrogen and oxygen atoms in total. The van der Waals surface area contributed by atoms with E-state index in [9.17, 15) is 0 Å². The number of aryl methyl sites for hydroxylation is 1. The molecule has 1 heterocycles. The summed E-state index contributed by atoms with van der Waals surface area (Å²) in [4.78, 5) is 0. The topological polar surface area (TPSA) is 40.2 Å². The largest absolute Gasteiger partial charge is 0.491 e. The number of nitrogens with two attached hydrogens (primary N) is 1. The summed E-state index contributed by atoms with van der Waals surface area (Å²) in [6.07, 6.45) is 4.68. The number of hydrogen-bond donors (Lipinski definition) is 1. The van der Waals surface area contributed by atoms with Crippen LogP contribution in [0.4, 0.5) is 0 Å². The highest BCUT2D eigenvalue weighted by molar-refractivity contribution is 5.81. The van der Waals surface area contributed by atoms with Crippen LogP contribution in [-0.2, 0) is 6.54 Å². The second-order valence-electron chi connectivity index (χ2n) is 6.87. The molecule has 3 heteroatoms. The van der Waals surface area contributed by atoms with Gasteiger partial charge in [0, 0.05) is 23.6 Å². The van der Waals surface area contributed by atoms with E-state index in [0.717, 1.165) is 31.7 Å². The number of ether oxygens (including phenoxy) is 1. The summed E-state index contributed by atoms with van der Waals surface area (Å²) < 4.78 is 8.07. The summed E-state index contributed by atoms with van der Waals surface area (Å²) >= 11 is 0. The fourth-order valence-corrected chi connectivity index (χ4v) is 2.55. The van der Waals surface area contributed by atoms with E-state index in [0.29, 0.717) is 0 Å². The average molecular weight is 288 g/mol. The SMILES string of the molecule is CC(C)Oc1ccc2c(ccn2CCCC(C)(C)CN)c1. The molecular formula is C18H28N2O. The Kier molecular flexibility index (Phi) is 4.94. The summed E-state index contributed by atoms with van der Waals surface area (Å²) in [5.41, 5.74) is 7.30. The van der Waals surface area contributed by atoms with Crippen molar-refractivity contribution in [3.8, 4) is 5.75 Å². The van der Waals surface area contributed by atoms with Gasteiger partial charge in [-0.05, 0) is 62.9 Å². The van der Waals surface area contributed by atoms with Crippen LogP contribution in [0.15, 0.2) is 30.5 Å². The molecule has 1 aromatic carbocycles. The standard InChI is InChI=1S/C18H28N2O/c1-14(2)21-16-6-7-17-15(12-16)8-11-20(17)10-5-9-18(3,4)13-19/h6-8,11-12,14H,5,9-10,13,19H2,1-4H3. The van der Waals surface area contributed by atoms with Gasteiger partial charge < -0.3 is 15.0 Å². The predicted molar refractivity (Wildman–Crippen MR) is 89.8 cm³/mol. The smallest absolute Gasteiger partial charge is 0.120 e. The van der Waals surface area contributed by atoms with Crippen LogP contribution in [0.3, 0.4) is 0 Å². The van der Waals surface area contributed by atoms with Crippen molar-refractivity contribution in [1.82, 2.24) is 4.57 Å². The van der Waals surface area contributed by atoms with Crippen LogP contribution in [0.5, 0.6) is 5.75 Å². The van der Waals surface area contributed by atoms with Crippen LogP contribution in [-0.4, -0.2) is 17.2 Å². The Balaban J connectivity index is 2.05. The molecule has 0 amide bonds. The molecule has 0 radical (unpaired) electrons. The molecule has 0 saturated carbocycles. The van der Waals surface area contributed by atoms with Gasteiger partial charge in [-0.1, -0.05) is 13.8 Å². The highest BCUT2D eigenvalue weighted by atomic mass is 16.5. The summed E-state index contributed by atoms with van der Waals surface area (Å²) in [7, 11) is 0. The molecule has 1 aromatic heterocycles. The van der Waals surface area contributed by atoms with Crippen molar-refractivity contribution < 1.29 is 4.74 Å². The molecule has 0 fully saturated rings. The van der Waals surface area contributed by atoms with Gasteiger partial charge in [-0.25, -0.2) is 0 Å². The quantitative estimate of drug-likeness (QED) is 0.829. The molecular weight excluding hydrogens is 260 g/mol. The zero-order valence-corrected chi connectivity index (χ0v) is 13.7. The molecule has 0 atom stereocenters. The Hall–Kier alpha value is -1.48. The first kappa shape index (κ1) is 15.9. The normalized spacial score (nSPS) is 12.3. The highest BCUT2D eigenvalue weighted by Crippen LogP contribution is 2.25. The maximum absolute atomic E-state index is 5.79. The van der Waals surface area contributed by atoms with E-state index in [2.05, 4.69) is 62.7 Å². The fourth-order valence-electron chi connectivity index (χ4n) is 2.55. The van der Waals surface area contributed by atoms with Crippen molar-refractivity contribution >= 4 is 10.9 Å². The molecule has 0 bridgehead atoms. The van der Waals surface area contributed by atoms with Gasteiger partial charge in [-0.2, -0.15) is 0 Å². The van der Waals surface area contributed by atoms with E-state index in [-0.39, 0.29) is 11.5 Å². The lowest BCUT2D eigenvalue weighted by Crippen LogP contribution is -2.23. The van der Waals surface area contributed by atoms with Crippen molar-refractivity contribution in [3.05, 3.63) is 30.5 Å². The molecule has 0 aliphatic heterocycles. The number of hydrogen-bond acceptors (Lipinski definition) is 2. The second-order valence-corrected chi connectivity index (χ2v) is 6.87. The van der Waals surface area contributed by atoms with Gasteiger partial charge in [0.1, 0.15) is 5.75 Å². The number of benzene rings is 1. The molecule has 21 heavy (non-hydrogen) atoms. The molecule has 0 spiro atoms. The van der Waals surface area contributed by atoms with Crippen molar-refractivity contribution in [2.45, 2.75) is 53.2 Å². The van der Waals surface area contributed by atoms with Crippen LogP contribution < -0.4 is 10.5 Å². The lowest BCUT2D eigenvalue weighted by molar-refractivity contribution is 0.243. The number of fused-ring (bicyclic) bond motifs is 1. The number of aromatic nitrogens is 1. The number of nitrogens with zero attached hydrogens (tertiary/aromatic N) is 1. The summed E-state index contributed by atoms with van der Waals surface area (Å²) in [5, 5.41) is 1.24. The zero-order chi connectivity index (χ0) is 15.5. The highest BCUT2D eigenvalue weighted by Gasteiger charge is 2.14. The molecule has 2 rings (SSSR count). The maximum Gasteiger partial charge on any atom is 0.120 e. The van der Waals surface area contributed by atoms with Gasteiger partial charge in [0.05, 0.1) is 6.10 Å². The van der Waals surface area contributed by atoms with Crippen molar-refractivity contribution in [3.63, 3.8) is 0 Å². The lowest BCUT2D eigenvalue weighted by Gasteiger charge is -2.22. The van der Waals surface area contributed by atoms with E-state index in [1.165, 1.54) is 10.9 Å². The summed E-state index contributed by atoms with van der Waals surface area (Å²) in [6, 6.07) is 8.50. The monoisotopic (exact) mass is 288 g/mol. The minimum atomic E-state index is 0.211. The summed E-state index contributed by atoms with van der Waals surface area (Å²) in [5.74, 6) is 0.944. The Morgan fingerprint density at radius 2 is 2.00 bits per heavy atom. The fraction of sp³-hybridized carbons (Fsp3) is 0.556. The van der Waals surface area contributed by atoms with E-state index >= 15 is 0 Å². The lowest BCUT2D eigenvalue weighted by atomic mass is 9.88. The first-order valence-electron chi connectivity index (χ1n) is 7.87. The van der Waals surface area contributed by atoms with Gasteiger partial charge in [0.15, 0.2) is 0 Å². The third-order valence-corrected chi connectivity index (χ3v) is 3.92. The molecule has 2 aromatic rings. The Morgan fingerprint density at radius 1 is 1.24 bits per heavy atom. The molecule has 0 aliphatic carbocycles. The molecule has 0 unspecified atom stereocenters. The van der Waals surface area contributed by atoms with Crippen LogP contribution in [0.25, 0.3) is 10.9 Å². The maximum atomic E-state index is 5.79. The molecule has 2 N–H and O–H groups in total. The minimum Gasteiger partial charge on any atom is -0.491 e.